The molecule has 3 unspecified atom stereocenters. The Kier molecular flexibility index (Phi) is 15.5. The van der Waals surface area contributed by atoms with Crippen LogP contribution < -0.4 is 10.6 Å². The largest absolute Gasteiger partial charge is 0.508 e. The minimum absolute atomic E-state index is 0.0657. The van der Waals surface area contributed by atoms with Crippen molar-refractivity contribution in [3.8, 4) is 5.75 Å². The van der Waals surface area contributed by atoms with Gasteiger partial charge in [0.2, 0.25) is 11.8 Å². The van der Waals surface area contributed by atoms with E-state index in [0.29, 0.717) is 17.5 Å². The summed E-state index contributed by atoms with van der Waals surface area (Å²) in [5.74, 6) is -1.56. The molecule has 0 saturated carbocycles. The minimum Gasteiger partial charge on any atom is -0.508 e. The van der Waals surface area contributed by atoms with Crippen LogP contribution in [0.1, 0.15) is 108 Å². The molecule has 0 aromatic heterocycles. The van der Waals surface area contributed by atoms with Crippen LogP contribution in [0.2, 0.25) is 0 Å². The molecule has 53 heavy (non-hydrogen) atoms. The van der Waals surface area contributed by atoms with E-state index in [4.69, 9.17) is 9.47 Å². The van der Waals surface area contributed by atoms with Crippen LogP contribution in [-0.4, -0.2) is 63.7 Å². The van der Waals surface area contributed by atoms with E-state index in [0.717, 1.165) is 36.0 Å². The third-order valence-electron chi connectivity index (χ3n) is 8.47. The van der Waals surface area contributed by atoms with E-state index in [1.807, 2.05) is 62.4 Å². The topological polar surface area (TPSA) is 134 Å². The van der Waals surface area contributed by atoms with Crippen molar-refractivity contribution in [2.45, 2.75) is 130 Å². The quantitative estimate of drug-likeness (QED) is 0.102. The predicted molar refractivity (Wildman–Crippen MR) is 207 cm³/mol. The summed E-state index contributed by atoms with van der Waals surface area (Å²) in [7, 11) is 0. The molecule has 3 N–H and O–H groups in total. The van der Waals surface area contributed by atoms with E-state index >= 15 is 4.79 Å². The molecule has 0 fully saturated rings. The molecule has 3 aromatic carbocycles. The zero-order valence-corrected chi connectivity index (χ0v) is 33.0. The second kappa shape index (κ2) is 19.3. The van der Waals surface area contributed by atoms with Crippen LogP contribution in [0.4, 0.5) is 4.79 Å². The summed E-state index contributed by atoms with van der Waals surface area (Å²) in [6.07, 6.45) is 2.79. The fourth-order valence-corrected chi connectivity index (χ4v) is 6.04. The zero-order chi connectivity index (χ0) is 39.3. The average Bonchev–Trinajstić information content (AvgIpc) is 3.05. The van der Waals surface area contributed by atoms with E-state index in [1.54, 1.807) is 53.7 Å². The number of alkyl carbamates (subject to hydrolysis) is 1. The van der Waals surface area contributed by atoms with Gasteiger partial charge in [0, 0.05) is 19.4 Å². The van der Waals surface area contributed by atoms with Gasteiger partial charge in [-0.15, -0.1) is 0 Å². The molecule has 0 saturated heterocycles. The first-order chi connectivity index (χ1) is 24.9. The Balaban J connectivity index is 2.16. The van der Waals surface area contributed by atoms with E-state index in [2.05, 4.69) is 17.6 Å². The van der Waals surface area contributed by atoms with Crippen molar-refractivity contribution in [3.63, 3.8) is 0 Å². The lowest BCUT2D eigenvalue weighted by molar-refractivity contribution is -0.159. The summed E-state index contributed by atoms with van der Waals surface area (Å²) in [6.45, 7) is 16.7. The maximum atomic E-state index is 15.0. The first-order valence-electron chi connectivity index (χ1n) is 18.6. The lowest BCUT2D eigenvalue weighted by Crippen LogP contribution is -2.55. The number of esters is 1. The number of unbranched alkanes of at least 4 members (excludes halogenated alkanes) is 3. The van der Waals surface area contributed by atoms with Crippen molar-refractivity contribution >= 4 is 23.9 Å². The summed E-state index contributed by atoms with van der Waals surface area (Å²) in [5, 5.41) is 15.7. The third kappa shape index (κ3) is 14.2. The molecule has 0 aliphatic heterocycles. The van der Waals surface area contributed by atoms with Gasteiger partial charge in [0.1, 0.15) is 35.1 Å². The Morgan fingerprint density at radius 1 is 0.736 bits per heavy atom. The molecule has 3 amide bonds. The Hall–Kier alpha value is -4.86. The fraction of sp³-hybridized carbons (Fsp3) is 0.488. The lowest BCUT2D eigenvalue weighted by Gasteiger charge is -2.36. The number of carbonyl (C=O) groups is 4. The Morgan fingerprint density at radius 3 is 1.92 bits per heavy atom. The Bertz CT molecular complexity index is 1660. The van der Waals surface area contributed by atoms with Gasteiger partial charge < -0.3 is 30.1 Å². The molecule has 3 atom stereocenters. The lowest BCUT2D eigenvalue weighted by atomic mass is 9.94. The molecule has 0 spiro atoms. The van der Waals surface area contributed by atoms with E-state index < -0.39 is 53.2 Å². The first kappa shape index (κ1) is 42.6. The van der Waals surface area contributed by atoms with Crippen molar-refractivity contribution in [1.82, 2.24) is 15.5 Å². The molecular formula is C43H59N3O7. The molecule has 288 valence electrons. The average molecular weight is 730 g/mol. The number of phenols is 1. The van der Waals surface area contributed by atoms with Crippen molar-refractivity contribution in [2.75, 3.05) is 6.54 Å². The van der Waals surface area contributed by atoms with Gasteiger partial charge in [-0.2, -0.15) is 0 Å². The number of carbonyl (C=O) groups excluding carboxylic acids is 4. The number of aryl methyl sites for hydroxylation is 2. The number of amides is 3. The summed E-state index contributed by atoms with van der Waals surface area (Å²) in [5.41, 5.74) is 2.26. The highest BCUT2D eigenvalue weighted by Gasteiger charge is 2.39. The number of phenolic OH excluding ortho intramolecular Hbond substituents is 1. The number of nitrogens with one attached hydrogen (secondary N) is 2. The molecule has 0 bridgehead atoms. The highest BCUT2D eigenvalue weighted by atomic mass is 16.6. The molecule has 0 heterocycles. The molecule has 10 heteroatoms. The Morgan fingerprint density at radius 2 is 1.34 bits per heavy atom. The van der Waals surface area contributed by atoms with Crippen LogP contribution in [0.3, 0.4) is 0 Å². The van der Waals surface area contributed by atoms with Crippen LogP contribution in [0.15, 0.2) is 72.8 Å². The minimum atomic E-state index is -1.16. The second-order valence-corrected chi connectivity index (χ2v) is 15.7. The van der Waals surface area contributed by atoms with Crippen LogP contribution in [0, 0.1) is 13.8 Å². The predicted octanol–water partition coefficient (Wildman–Crippen LogP) is 7.66. The van der Waals surface area contributed by atoms with Crippen molar-refractivity contribution in [1.29, 1.82) is 0 Å². The number of hydrogen-bond donors (Lipinski definition) is 3. The van der Waals surface area contributed by atoms with E-state index in [-0.39, 0.29) is 25.1 Å². The van der Waals surface area contributed by atoms with Crippen LogP contribution in [-0.2, 0) is 36.7 Å². The molecule has 3 aromatic rings. The molecule has 10 nitrogen and oxygen atoms in total. The Labute approximate surface area is 315 Å². The third-order valence-corrected chi connectivity index (χ3v) is 8.47. The number of hydrogen-bond acceptors (Lipinski definition) is 7. The second-order valence-electron chi connectivity index (χ2n) is 15.7. The normalized spacial score (nSPS) is 13.3. The van der Waals surface area contributed by atoms with E-state index in [9.17, 15) is 19.5 Å². The van der Waals surface area contributed by atoms with Gasteiger partial charge in [-0.1, -0.05) is 92.4 Å². The van der Waals surface area contributed by atoms with Crippen molar-refractivity contribution in [3.05, 3.63) is 101 Å². The first-order valence-corrected chi connectivity index (χ1v) is 18.6. The summed E-state index contributed by atoms with van der Waals surface area (Å²) < 4.78 is 11.4. The van der Waals surface area contributed by atoms with Crippen LogP contribution in [0.25, 0.3) is 0 Å². The van der Waals surface area contributed by atoms with Gasteiger partial charge in [0.05, 0.1) is 0 Å². The number of aromatic hydroxyl groups is 1. The van der Waals surface area contributed by atoms with Crippen molar-refractivity contribution < 1.29 is 33.8 Å². The van der Waals surface area contributed by atoms with Crippen molar-refractivity contribution in [2.24, 2.45) is 0 Å². The summed E-state index contributed by atoms with van der Waals surface area (Å²) in [6, 6.07) is 18.1. The molecule has 0 aliphatic carbocycles. The zero-order valence-electron chi connectivity index (χ0n) is 33.0. The summed E-state index contributed by atoms with van der Waals surface area (Å²) >= 11 is 0. The van der Waals surface area contributed by atoms with Crippen LogP contribution in [0.5, 0.6) is 5.75 Å². The maximum absolute atomic E-state index is 15.0. The van der Waals surface area contributed by atoms with Gasteiger partial charge in [0.25, 0.3) is 0 Å². The smallest absolute Gasteiger partial charge is 0.408 e. The number of nitrogens with zero attached hydrogens (tertiary/aromatic N) is 1. The van der Waals surface area contributed by atoms with Gasteiger partial charge in [0.15, 0.2) is 0 Å². The number of benzene rings is 3. The number of ether oxygens (including phenoxy) is 2. The molecule has 0 aliphatic rings. The van der Waals surface area contributed by atoms with Gasteiger partial charge >= 0.3 is 12.1 Å². The standard InChI is InChI=1S/C43H59N3O7/c1-10-11-12-16-25-46(39(49)35(45-41(51)53-43(7,8)9)27-32-20-22-33(47)23-21-32)37(34-24-19-29(2)26-30(34)3)38(48)44-36(40(50)52-42(4,5)6)28-31-17-14-13-15-18-31/h13-15,17-24,26,35-37,47H,10-12,16,25,27-28H2,1-9H3,(H,44,48)(H,45,51). The highest BCUT2D eigenvalue weighted by Crippen LogP contribution is 2.28. The van der Waals surface area contributed by atoms with E-state index in [1.165, 1.54) is 17.0 Å². The SMILES string of the molecule is CCCCCCN(C(=O)C(Cc1ccc(O)cc1)NC(=O)OC(C)(C)C)C(C(=O)NC(Cc1ccccc1)C(=O)OC(C)(C)C)c1ccc(C)cc1C. The van der Waals surface area contributed by atoms with Gasteiger partial charge in [-0.05, 0) is 96.2 Å². The molecular weight excluding hydrogens is 670 g/mol. The van der Waals surface area contributed by atoms with Gasteiger partial charge in [-0.3, -0.25) is 9.59 Å². The summed E-state index contributed by atoms with van der Waals surface area (Å²) in [4.78, 5) is 58.3. The maximum Gasteiger partial charge on any atom is 0.408 e. The molecule has 0 radical (unpaired) electrons. The molecule has 3 rings (SSSR count). The highest BCUT2D eigenvalue weighted by molar-refractivity contribution is 5.94. The van der Waals surface area contributed by atoms with Crippen LogP contribution >= 0.6 is 0 Å². The van der Waals surface area contributed by atoms with Gasteiger partial charge in [-0.25, -0.2) is 9.59 Å². The fourth-order valence-electron chi connectivity index (χ4n) is 6.04. The monoisotopic (exact) mass is 729 g/mol. The number of rotatable bonds is 16.